The van der Waals surface area contributed by atoms with Crippen LogP contribution in [0.25, 0.3) is 0 Å². The summed E-state index contributed by atoms with van der Waals surface area (Å²) in [4.78, 5) is 11.7. The predicted octanol–water partition coefficient (Wildman–Crippen LogP) is 1.87. The Labute approximate surface area is 101 Å². The van der Waals surface area contributed by atoms with Crippen LogP contribution in [0.2, 0.25) is 0 Å². The molecule has 0 spiro atoms. The third kappa shape index (κ3) is 3.85. The molecule has 1 aromatic heterocycles. The molecule has 1 amide bonds. The van der Waals surface area contributed by atoms with Gasteiger partial charge in [-0.25, -0.2) is 0 Å². The second-order valence-electron chi connectivity index (χ2n) is 3.97. The molecule has 0 saturated heterocycles. The van der Waals surface area contributed by atoms with Crippen LogP contribution in [0.15, 0.2) is 6.07 Å². The maximum atomic E-state index is 11.7. The zero-order valence-electron chi connectivity index (χ0n) is 9.96. The van der Waals surface area contributed by atoms with Crippen molar-refractivity contribution in [3.63, 3.8) is 0 Å². The van der Waals surface area contributed by atoms with Crippen LogP contribution in [0, 0.1) is 6.92 Å². The van der Waals surface area contributed by atoms with E-state index in [-0.39, 0.29) is 11.3 Å². The largest absolute Gasteiger partial charge is 0.351 e. The number of halogens is 1. The smallest absolute Gasteiger partial charge is 0.269 e. The number of nitrogens with one attached hydrogen (secondary N) is 1. The van der Waals surface area contributed by atoms with Crippen LogP contribution in [-0.4, -0.2) is 27.6 Å². The van der Waals surface area contributed by atoms with Crippen molar-refractivity contribution in [2.75, 3.05) is 6.54 Å². The van der Waals surface area contributed by atoms with Gasteiger partial charge in [-0.3, -0.25) is 9.48 Å². The highest BCUT2D eigenvalue weighted by molar-refractivity contribution is 6.20. The summed E-state index contributed by atoms with van der Waals surface area (Å²) in [6, 6.07) is 1.78. The third-order valence-electron chi connectivity index (χ3n) is 2.30. The van der Waals surface area contributed by atoms with Gasteiger partial charge in [-0.15, -0.1) is 11.6 Å². The Hall–Kier alpha value is -1.03. The van der Waals surface area contributed by atoms with Gasteiger partial charge in [0.1, 0.15) is 5.69 Å². The lowest BCUT2D eigenvalue weighted by molar-refractivity contribution is 0.0943. The molecule has 1 atom stereocenters. The maximum Gasteiger partial charge on any atom is 0.269 e. The highest BCUT2D eigenvalue weighted by atomic mass is 35.5. The second kappa shape index (κ2) is 5.89. The maximum absolute atomic E-state index is 11.7. The number of carbonyl (C=O) groups excluding carboxylic acids is 1. The van der Waals surface area contributed by atoms with Gasteiger partial charge in [-0.1, -0.05) is 0 Å². The number of aromatic nitrogens is 2. The molecular formula is C11H18ClN3O. The van der Waals surface area contributed by atoms with Gasteiger partial charge < -0.3 is 5.32 Å². The average molecular weight is 244 g/mol. The van der Waals surface area contributed by atoms with E-state index < -0.39 is 0 Å². The number of hydrogen-bond donors (Lipinski definition) is 1. The summed E-state index contributed by atoms with van der Waals surface area (Å²) in [6.07, 6.45) is 1.81. The molecule has 0 radical (unpaired) electrons. The minimum Gasteiger partial charge on any atom is -0.351 e. The van der Waals surface area contributed by atoms with E-state index in [1.165, 1.54) is 0 Å². The minimum atomic E-state index is -0.0784. The van der Waals surface area contributed by atoms with E-state index >= 15 is 0 Å². The van der Waals surface area contributed by atoms with Crippen molar-refractivity contribution in [2.24, 2.45) is 7.05 Å². The molecular weight excluding hydrogens is 226 g/mol. The Morgan fingerprint density at radius 2 is 2.38 bits per heavy atom. The van der Waals surface area contributed by atoms with Crippen molar-refractivity contribution in [1.29, 1.82) is 0 Å². The van der Waals surface area contributed by atoms with E-state index in [0.717, 1.165) is 18.5 Å². The van der Waals surface area contributed by atoms with E-state index in [4.69, 9.17) is 11.6 Å². The van der Waals surface area contributed by atoms with Gasteiger partial charge >= 0.3 is 0 Å². The highest BCUT2D eigenvalue weighted by Gasteiger charge is 2.10. The molecule has 1 aromatic rings. The van der Waals surface area contributed by atoms with Gasteiger partial charge in [-0.05, 0) is 32.8 Å². The molecule has 0 aliphatic heterocycles. The fraction of sp³-hybridized carbons (Fsp3) is 0.636. The number of carbonyl (C=O) groups is 1. The summed E-state index contributed by atoms with van der Waals surface area (Å²) in [5.74, 6) is -0.0784. The van der Waals surface area contributed by atoms with Gasteiger partial charge in [0.2, 0.25) is 0 Å². The standard InChI is InChI=1S/C11H18ClN3O/c1-8(12)5-4-6-13-11(16)10-7-9(2)14-15(10)3/h7-8H,4-6H2,1-3H3,(H,13,16). The first-order valence-corrected chi connectivity index (χ1v) is 5.87. The van der Waals surface area contributed by atoms with Crippen LogP contribution in [0.3, 0.4) is 0 Å². The summed E-state index contributed by atoms with van der Waals surface area (Å²) in [5.41, 5.74) is 1.44. The molecule has 4 nitrogen and oxygen atoms in total. The van der Waals surface area contributed by atoms with Crippen LogP contribution >= 0.6 is 11.6 Å². The Kier molecular flexibility index (Phi) is 4.80. The summed E-state index contributed by atoms with van der Waals surface area (Å²) < 4.78 is 1.59. The van der Waals surface area contributed by atoms with Crippen molar-refractivity contribution >= 4 is 17.5 Å². The van der Waals surface area contributed by atoms with Gasteiger partial charge in [0, 0.05) is 19.0 Å². The number of alkyl halides is 1. The average Bonchev–Trinajstić information content (AvgIpc) is 2.52. The Balaban J connectivity index is 2.38. The van der Waals surface area contributed by atoms with E-state index in [2.05, 4.69) is 10.4 Å². The Morgan fingerprint density at radius 1 is 1.69 bits per heavy atom. The molecule has 0 aliphatic rings. The lowest BCUT2D eigenvalue weighted by Gasteiger charge is -2.05. The first-order chi connectivity index (χ1) is 7.50. The third-order valence-corrected chi connectivity index (χ3v) is 2.52. The van der Waals surface area contributed by atoms with Crippen molar-refractivity contribution in [3.8, 4) is 0 Å². The van der Waals surface area contributed by atoms with Gasteiger partial charge in [-0.2, -0.15) is 5.10 Å². The Morgan fingerprint density at radius 3 is 2.88 bits per heavy atom. The summed E-state index contributed by atoms with van der Waals surface area (Å²) >= 11 is 5.81. The molecule has 1 N–H and O–H groups in total. The van der Waals surface area contributed by atoms with E-state index in [1.807, 2.05) is 13.8 Å². The fourth-order valence-electron chi connectivity index (χ4n) is 1.50. The molecule has 0 bridgehead atoms. The topological polar surface area (TPSA) is 46.9 Å². The number of nitrogens with zero attached hydrogens (tertiary/aromatic N) is 2. The SMILES string of the molecule is Cc1cc(C(=O)NCCCC(C)Cl)n(C)n1. The van der Waals surface area contributed by atoms with Crippen LogP contribution in [-0.2, 0) is 7.05 Å². The summed E-state index contributed by atoms with van der Waals surface area (Å²) in [7, 11) is 1.77. The number of aryl methyl sites for hydroxylation is 2. The van der Waals surface area contributed by atoms with Gasteiger partial charge in [0.25, 0.3) is 5.91 Å². The quantitative estimate of drug-likeness (QED) is 0.634. The van der Waals surface area contributed by atoms with E-state index in [0.29, 0.717) is 12.2 Å². The Bertz CT molecular complexity index is 360. The minimum absolute atomic E-state index is 0.0784. The number of hydrogen-bond acceptors (Lipinski definition) is 2. The van der Waals surface area contributed by atoms with Crippen LogP contribution in [0.1, 0.15) is 35.9 Å². The van der Waals surface area contributed by atoms with Crippen molar-refractivity contribution in [3.05, 3.63) is 17.5 Å². The highest BCUT2D eigenvalue weighted by Crippen LogP contribution is 2.04. The first-order valence-electron chi connectivity index (χ1n) is 5.43. The monoisotopic (exact) mass is 243 g/mol. The zero-order chi connectivity index (χ0) is 12.1. The zero-order valence-corrected chi connectivity index (χ0v) is 10.7. The summed E-state index contributed by atoms with van der Waals surface area (Å²) in [5, 5.41) is 7.14. The molecule has 0 fully saturated rings. The molecule has 16 heavy (non-hydrogen) atoms. The predicted molar refractivity (Wildman–Crippen MR) is 64.8 cm³/mol. The van der Waals surface area contributed by atoms with Crippen molar-refractivity contribution in [1.82, 2.24) is 15.1 Å². The van der Waals surface area contributed by atoms with E-state index in [9.17, 15) is 4.79 Å². The number of amides is 1. The molecule has 1 unspecified atom stereocenters. The molecule has 0 aliphatic carbocycles. The molecule has 1 heterocycles. The van der Waals surface area contributed by atoms with Crippen LogP contribution in [0.4, 0.5) is 0 Å². The van der Waals surface area contributed by atoms with Crippen LogP contribution < -0.4 is 5.32 Å². The normalized spacial score (nSPS) is 12.5. The molecule has 5 heteroatoms. The van der Waals surface area contributed by atoms with Crippen LogP contribution in [0.5, 0.6) is 0 Å². The molecule has 0 aromatic carbocycles. The van der Waals surface area contributed by atoms with E-state index in [1.54, 1.807) is 17.8 Å². The fourth-order valence-corrected chi connectivity index (χ4v) is 1.65. The lowest BCUT2D eigenvalue weighted by atomic mass is 10.2. The van der Waals surface area contributed by atoms with Gasteiger partial charge in [0.05, 0.1) is 5.69 Å². The molecule has 90 valence electrons. The van der Waals surface area contributed by atoms with Crippen molar-refractivity contribution < 1.29 is 4.79 Å². The lowest BCUT2D eigenvalue weighted by Crippen LogP contribution is -2.26. The second-order valence-corrected chi connectivity index (χ2v) is 4.72. The summed E-state index contributed by atoms with van der Waals surface area (Å²) in [6.45, 7) is 4.47. The first kappa shape index (κ1) is 13.0. The number of rotatable bonds is 5. The molecule has 1 rings (SSSR count). The molecule has 0 saturated carbocycles. The van der Waals surface area contributed by atoms with Gasteiger partial charge in [0.15, 0.2) is 0 Å². The van der Waals surface area contributed by atoms with Crippen molar-refractivity contribution in [2.45, 2.75) is 32.1 Å².